The van der Waals surface area contributed by atoms with Gasteiger partial charge in [0.25, 0.3) is 0 Å². The van der Waals surface area contributed by atoms with Crippen LogP contribution in [0.3, 0.4) is 0 Å². The van der Waals surface area contributed by atoms with Gasteiger partial charge in [-0.2, -0.15) is 0 Å². The predicted octanol–water partition coefficient (Wildman–Crippen LogP) is 1.24. The Labute approximate surface area is 67.4 Å². The van der Waals surface area contributed by atoms with E-state index in [1.54, 1.807) is 28.9 Å². The molecular formula is C7H5N3O2. The number of hydrogen-bond acceptors (Lipinski definition) is 3. The number of nitrogens with zero attached hydrogens (tertiary/aromatic N) is 3. The van der Waals surface area contributed by atoms with Crippen molar-refractivity contribution < 1.29 is 4.92 Å². The summed E-state index contributed by atoms with van der Waals surface area (Å²) >= 11 is 0. The van der Waals surface area contributed by atoms with Crippen LogP contribution in [0.5, 0.6) is 0 Å². The third-order valence-corrected chi connectivity index (χ3v) is 1.61. The van der Waals surface area contributed by atoms with Crippen molar-refractivity contribution in [3.63, 3.8) is 0 Å². The van der Waals surface area contributed by atoms with E-state index in [-0.39, 0.29) is 5.82 Å². The van der Waals surface area contributed by atoms with Crippen molar-refractivity contribution in [2.45, 2.75) is 0 Å². The Morgan fingerprint density at radius 1 is 1.50 bits per heavy atom. The Hall–Kier alpha value is -1.91. The number of rotatable bonds is 1. The maximum absolute atomic E-state index is 10.4. The van der Waals surface area contributed by atoms with Gasteiger partial charge in [-0.1, -0.05) is 0 Å². The van der Waals surface area contributed by atoms with Gasteiger partial charge in [-0.15, -0.1) is 0 Å². The molecule has 0 radical (unpaired) electrons. The van der Waals surface area contributed by atoms with E-state index in [9.17, 15) is 10.1 Å². The van der Waals surface area contributed by atoms with E-state index in [4.69, 9.17) is 0 Å². The van der Waals surface area contributed by atoms with Gasteiger partial charge in [0, 0.05) is 6.20 Å². The normalized spacial score (nSPS) is 10.3. The molecule has 0 N–H and O–H groups in total. The average Bonchev–Trinajstić information content (AvgIpc) is 2.49. The zero-order valence-electron chi connectivity index (χ0n) is 6.04. The topological polar surface area (TPSA) is 60.4 Å². The van der Waals surface area contributed by atoms with E-state index in [1.165, 1.54) is 6.20 Å². The molecule has 0 bridgehead atoms. The molecule has 0 amide bonds. The SMILES string of the molecule is O=[N+]([O-])c1nccn2cccc12. The lowest BCUT2D eigenvalue weighted by Crippen LogP contribution is -1.94. The van der Waals surface area contributed by atoms with Crippen molar-refractivity contribution in [3.05, 3.63) is 40.8 Å². The largest absolute Gasteiger partial charge is 0.387 e. The van der Waals surface area contributed by atoms with Gasteiger partial charge in [0.05, 0.1) is 6.20 Å². The third-order valence-electron chi connectivity index (χ3n) is 1.61. The first-order valence-electron chi connectivity index (χ1n) is 3.35. The quantitative estimate of drug-likeness (QED) is 0.469. The number of hydrogen-bond donors (Lipinski definition) is 0. The summed E-state index contributed by atoms with van der Waals surface area (Å²) in [6.45, 7) is 0. The lowest BCUT2D eigenvalue weighted by molar-refractivity contribution is -0.388. The molecule has 0 unspecified atom stereocenters. The molecule has 5 nitrogen and oxygen atoms in total. The van der Waals surface area contributed by atoms with Crippen LogP contribution in [0.15, 0.2) is 30.7 Å². The standard InChI is InChI=1S/C7H5N3O2/c11-10(12)7-6-2-1-4-9(6)5-3-8-7/h1-5H. The molecule has 60 valence electrons. The molecule has 5 heteroatoms. The van der Waals surface area contributed by atoms with E-state index < -0.39 is 4.92 Å². The summed E-state index contributed by atoms with van der Waals surface area (Å²) < 4.78 is 1.66. The van der Waals surface area contributed by atoms with Crippen molar-refractivity contribution in [2.24, 2.45) is 0 Å². The van der Waals surface area contributed by atoms with Crippen LogP contribution in [0, 0.1) is 10.1 Å². The first kappa shape index (κ1) is 6.78. The van der Waals surface area contributed by atoms with Gasteiger partial charge in [-0.05, 0) is 22.0 Å². The van der Waals surface area contributed by atoms with Gasteiger partial charge in [0.15, 0.2) is 6.20 Å². The minimum Gasteiger partial charge on any atom is -0.358 e. The third kappa shape index (κ3) is 0.833. The Kier molecular flexibility index (Phi) is 1.30. The molecular weight excluding hydrogens is 158 g/mol. The first-order valence-corrected chi connectivity index (χ1v) is 3.35. The molecule has 2 aromatic rings. The van der Waals surface area contributed by atoms with Crippen LogP contribution in [-0.4, -0.2) is 14.3 Å². The molecule has 0 aromatic carbocycles. The minimum atomic E-state index is -0.491. The van der Waals surface area contributed by atoms with Crippen LogP contribution in [-0.2, 0) is 0 Å². The summed E-state index contributed by atoms with van der Waals surface area (Å²) in [4.78, 5) is 13.6. The second-order valence-corrected chi connectivity index (χ2v) is 2.31. The van der Waals surface area contributed by atoms with Crippen LogP contribution < -0.4 is 0 Å². The van der Waals surface area contributed by atoms with Crippen molar-refractivity contribution in [2.75, 3.05) is 0 Å². The van der Waals surface area contributed by atoms with Crippen LogP contribution in [0.2, 0.25) is 0 Å². The first-order chi connectivity index (χ1) is 5.79. The molecule has 0 aliphatic carbocycles. The maximum atomic E-state index is 10.4. The molecule has 2 rings (SSSR count). The fraction of sp³-hybridized carbons (Fsp3) is 0. The molecule has 0 aliphatic rings. The highest BCUT2D eigenvalue weighted by Crippen LogP contribution is 2.15. The van der Waals surface area contributed by atoms with Crippen LogP contribution in [0.4, 0.5) is 5.82 Å². The maximum Gasteiger partial charge on any atom is 0.387 e. The monoisotopic (exact) mass is 163 g/mol. The van der Waals surface area contributed by atoms with Crippen molar-refractivity contribution in [3.8, 4) is 0 Å². The van der Waals surface area contributed by atoms with Crippen LogP contribution in [0.1, 0.15) is 0 Å². The van der Waals surface area contributed by atoms with E-state index in [1.807, 2.05) is 0 Å². The summed E-state index contributed by atoms with van der Waals surface area (Å²) in [5.74, 6) is -0.109. The highest BCUT2D eigenvalue weighted by molar-refractivity contribution is 5.60. The highest BCUT2D eigenvalue weighted by atomic mass is 16.6. The van der Waals surface area contributed by atoms with Crippen molar-refractivity contribution >= 4 is 11.3 Å². The Bertz CT molecular complexity index is 435. The Balaban J connectivity index is 2.82. The number of aromatic nitrogens is 2. The summed E-state index contributed by atoms with van der Waals surface area (Å²) in [6.07, 6.45) is 4.82. The molecule has 0 spiro atoms. The summed E-state index contributed by atoms with van der Waals surface area (Å²) in [5, 5.41) is 10.4. The average molecular weight is 163 g/mol. The van der Waals surface area contributed by atoms with E-state index in [0.717, 1.165) is 0 Å². The predicted molar refractivity (Wildman–Crippen MR) is 41.8 cm³/mol. The second kappa shape index (κ2) is 2.30. The van der Waals surface area contributed by atoms with E-state index in [0.29, 0.717) is 5.52 Å². The zero-order chi connectivity index (χ0) is 8.55. The smallest absolute Gasteiger partial charge is 0.358 e. The molecule has 0 saturated carbocycles. The van der Waals surface area contributed by atoms with E-state index in [2.05, 4.69) is 4.98 Å². The van der Waals surface area contributed by atoms with Crippen LogP contribution >= 0.6 is 0 Å². The Morgan fingerprint density at radius 2 is 2.33 bits per heavy atom. The highest BCUT2D eigenvalue weighted by Gasteiger charge is 2.11. The summed E-state index contributed by atoms with van der Waals surface area (Å²) in [7, 11) is 0. The fourth-order valence-corrected chi connectivity index (χ4v) is 1.10. The Morgan fingerprint density at radius 3 is 3.08 bits per heavy atom. The minimum absolute atomic E-state index is 0.109. The van der Waals surface area contributed by atoms with Gasteiger partial charge < -0.3 is 14.5 Å². The molecule has 0 fully saturated rings. The van der Waals surface area contributed by atoms with Crippen LogP contribution in [0.25, 0.3) is 5.52 Å². The zero-order valence-corrected chi connectivity index (χ0v) is 6.04. The summed E-state index contributed by atoms with van der Waals surface area (Å²) in [6, 6.07) is 3.40. The van der Waals surface area contributed by atoms with Gasteiger partial charge in [-0.3, -0.25) is 0 Å². The van der Waals surface area contributed by atoms with Crippen molar-refractivity contribution in [1.29, 1.82) is 0 Å². The van der Waals surface area contributed by atoms with Gasteiger partial charge in [-0.25, -0.2) is 0 Å². The van der Waals surface area contributed by atoms with E-state index >= 15 is 0 Å². The lowest BCUT2D eigenvalue weighted by atomic mass is 10.5. The molecule has 2 heterocycles. The lowest BCUT2D eigenvalue weighted by Gasteiger charge is -1.93. The number of fused-ring (bicyclic) bond motifs is 1. The summed E-state index contributed by atoms with van der Waals surface area (Å²) in [5.41, 5.74) is 0.516. The number of nitro groups is 1. The van der Waals surface area contributed by atoms with Gasteiger partial charge in [0.2, 0.25) is 0 Å². The molecule has 2 aromatic heterocycles. The van der Waals surface area contributed by atoms with Gasteiger partial charge >= 0.3 is 5.82 Å². The molecule has 0 aliphatic heterocycles. The molecule has 0 atom stereocenters. The van der Waals surface area contributed by atoms with Gasteiger partial charge in [0.1, 0.15) is 5.52 Å². The van der Waals surface area contributed by atoms with Crippen molar-refractivity contribution in [1.82, 2.24) is 9.38 Å². The fourth-order valence-electron chi connectivity index (χ4n) is 1.10. The molecule has 12 heavy (non-hydrogen) atoms. The second-order valence-electron chi connectivity index (χ2n) is 2.31. The molecule has 0 saturated heterocycles.